The van der Waals surface area contributed by atoms with Crippen molar-refractivity contribution in [3.63, 3.8) is 0 Å². The fraction of sp³-hybridized carbons (Fsp3) is 0.571. The van der Waals surface area contributed by atoms with Gasteiger partial charge in [-0.15, -0.1) is 0 Å². The lowest BCUT2D eigenvalue weighted by atomic mass is 10.2. The highest BCUT2D eigenvalue weighted by atomic mass is 32.2. The summed E-state index contributed by atoms with van der Waals surface area (Å²) in [5.41, 5.74) is 6.14. The molecule has 0 radical (unpaired) electrons. The van der Waals surface area contributed by atoms with Gasteiger partial charge in [0.15, 0.2) is 0 Å². The Hall–Kier alpha value is -1.18. The van der Waals surface area contributed by atoms with Crippen LogP contribution in [0.3, 0.4) is 0 Å². The predicted octanol–water partition coefficient (Wildman–Crippen LogP) is 1.43. The average molecular weight is 315 g/mol. The van der Waals surface area contributed by atoms with Crippen molar-refractivity contribution in [2.75, 3.05) is 32.9 Å². The summed E-state index contributed by atoms with van der Waals surface area (Å²) in [6.45, 7) is 2.66. The second-order valence-corrected chi connectivity index (χ2v) is 7.68. The van der Waals surface area contributed by atoms with E-state index in [1.54, 1.807) is 0 Å². The second-order valence-electron chi connectivity index (χ2n) is 5.79. The summed E-state index contributed by atoms with van der Waals surface area (Å²) in [4.78, 5) is 1.90. The van der Waals surface area contributed by atoms with E-state index >= 15 is 0 Å². The fourth-order valence-corrected chi connectivity index (χ4v) is 4.42. The summed E-state index contributed by atoms with van der Waals surface area (Å²) >= 11 is 0. The first-order valence-electron chi connectivity index (χ1n) is 6.95. The van der Waals surface area contributed by atoms with E-state index in [4.69, 9.17) is 5.73 Å². The Balaban J connectivity index is 2.37. The molecule has 0 bridgehead atoms. The molecular weight excluding hydrogens is 293 g/mol. The van der Waals surface area contributed by atoms with Crippen molar-refractivity contribution in [1.29, 1.82) is 0 Å². The van der Waals surface area contributed by atoms with E-state index in [1.165, 1.54) is 17.3 Å². The van der Waals surface area contributed by atoms with Gasteiger partial charge in [0.1, 0.15) is 5.82 Å². The fourth-order valence-electron chi connectivity index (χ4n) is 2.69. The zero-order chi connectivity index (χ0) is 15.8. The third kappa shape index (κ3) is 3.20. The van der Waals surface area contributed by atoms with Gasteiger partial charge >= 0.3 is 0 Å². The normalized spacial score (nSPS) is 20.3. The molecule has 1 atom stereocenters. The SMILES string of the molecule is Cc1c(N)cc(S(=O)(=O)N2CCCC2CN(C)C)cc1F. The number of benzene rings is 1. The largest absolute Gasteiger partial charge is 0.398 e. The molecule has 1 heterocycles. The van der Waals surface area contributed by atoms with Crippen LogP contribution < -0.4 is 5.73 Å². The quantitative estimate of drug-likeness (QED) is 0.854. The molecule has 0 spiro atoms. The first-order valence-corrected chi connectivity index (χ1v) is 8.39. The minimum absolute atomic E-state index is 0.0613. The zero-order valence-electron chi connectivity index (χ0n) is 12.6. The van der Waals surface area contributed by atoms with Crippen molar-refractivity contribution in [2.45, 2.75) is 30.7 Å². The highest BCUT2D eigenvalue weighted by Gasteiger charge is 2.35. The molecule has 7 heteroatoms. The molecule has 5 nitrogen and oxygen atoms in total. The summed E-state index contributed by atoms with van der Waals surface area (Å²) in [7, 11) is 0.110. The van der Waals surface area contributed by atoms with Crippen LogP contribution in [0.2, 0.25) is 0 Å². The van der Waals surface area contributed by atoms with Gasteiger partial charge in [0.25, 0.3) is 0 Å². The number of nitrogens with two attached hydrogens (primary N) is 1. The minimum Gasteiger partial charge on any atom is -0.398 e. The van der Waals surface area contributed by atoms with Crippen LogP contribution in [0.15, 0.2) is 17.0 Å². The molecule has 1 fully saturated rings. The van der Waals surface area contributed by atoms with Gasteiger partial charge in [-0.05, 0) is 46.0 Å². The van der Waals surface area contributed by atoms with Crippen LogP contribution in [-0.2, 0) is 10.0 Å². The molecule has 0 aliphatic carbocycles. The molecule has 21 heavy (non-hydrogen) atoms. The molecule has 118 valence electrons. The summed E-state index contributed by atoms with van der Waals surface area (Å²) < 4.78 is 40.7. The van der Waals surface area contributed by atoms with E-state index < -0.39 is 15.8 Å². The topological polar surface area (TPSA) is 66.6 Å². The number of anilines is 1. The monoisotopic (exact) mass is 315 g/mol. The maximum Gasteiger partial charge on any atom is 0.243 e. The molecule has 1 aromatic rings. The Morgan fingerprint density at radius 1 is 1.43 bits per heavy atom. The smallest absolute Gasteiger partial charge is 0.243 e. The number of halogens is 1. The third-order valence-corrected chi connectivity index (χ3v) is 5.79. The first-order chi connectivity index (χ1) is 9.73. The highest BCUT2D eigenvalue weighted by molar-refractivity contribution is 7.89. The molecule has 0 amide bonds. The van der Waals surface area contributed by atoms with E-state index in [9.17, 15) is 12.8 Å². The maximum absolute atomic E-state index is 13.8. The van der Waals surface area contributed by atoms with Gasteiger partial charge in [-0.1, -0.05) is 0 Å². The van der Waals surface area contributed by atoms with Crippen molar-refractivity contribution in [1.82, 2.24) is 9.21 Å². The predicted molar refractivity (Wildman–Crippen MR) is 81.0 cm³/mol. The number of rotatable bonds is 4. The van der Waals surface area contributed by atoms with E-state index in [2.05, 4.69) is 0 Å². The summed E-state index contributed by atoms with van der Waals surface area (Å²) in [5.74, 6) is -0.586. The summed E-state index contributed by atoms with van der Waals surface area (Å²) in [6, 6.07) is 2.33. The zero-order valence-corrected chi connectivity index (χ0v) is 13.5. The molecule has 1 unspecified atom stereocenters. The Kier molecular flexibility index (Phi) is 4.55. The number of nitrogens with zero attached hydrogens (tertiary/aromatic N) is 2. The summed E-state index contributed by atoms with van der Waals surface area (Å²) in [6.07, 6.45) is 1.64. The van der Waals surface area contributed by atoms with Gasteiger partial charge < -0.3 is 10.6 Å². The van der Waals surface area contributed by atoms with Crippen LogP contribution in [0, 0.1) is 12.7 Å². The lowest BCUT2D eigenvalue weighted by molar-refractivity contribution is 0.291. The van der Waals surface area contributed by atoms with Gasteiger partial charge in [0.2, 0.25) is 10.0 Å². The number of likely N-dealkylation sites (N-methyl/N-ethyl adjacent to an activating group) is 1. The van der Waals surface area contributed by atoms with Crippen LogP contribution >= 0.6 is 0 Å². The van der Waals surface area contributed by atoms with Crippen molar-refractivity contribution in [2.24, 2.45) is 0 Å². The molecule has 1 aromatic carbocycles. The molecule has 1 saturated heterocycles. The van der Waals surface area contributed by atoms with Crippen LogP contribution in [0.4, 0.5) is 10.1 Å². The van der Waals surface area contributed by atoms with Crippen LogP contribution in [0.25, 0.3) is 0 Å². The van der Waals surface area contributed by atoms with Gasteiger partial charge in [-0.3, -0.25) is 0 Å². The van der Waals surface area contributed by atoms with Crippen molar-refractivity contribution < 1.29 is 12.8 Å². The molecule has 0 saturated carbocycles. The number of hydrogen-bond donors (Lipinski definition) is 1. The van der Waals surface area contributed by atoms with Gasteiger partial charge in [-0.25, -0.2) is 12.8 Å². The minimum atomic E-state index is -3.71. The van der Waals surface area contributed by atoms with Crippen LogP contribution in [0.1, 0.15) is 18.4 Å². The van der Waals surface area contributed by atoms with Crippen molar-refractivity contribution in [3.05, 3.63) is 23.5 Å². The maximum atomic E-state index is 13.8. The molecular formula is C14H22FN3O2S. The molecule has 2 N–H and O–H groups in total. The number of nitrogen functional groups attached to an aromatic ring is 1. The van der Waals surface area contributed by atoms with Crippen LogP contribution in [0.5, 0.6) is 0 Å². The second kappa shape index (κ2) is 5.90. The van der Waals surface area contributed by atoms with E-state index in [1.807, 2.05) is 19.0 Å². The highest BCUT2D eigenvalue weighted by Crippen LogP contribution is 2.29. The van der Waals surface area contributed by atoms with Crippen molar-refractivity contribution in [3.8, 4) is 0 Å². The molecule has 2 rings (SSSR count). The first kappa shape index (κ1) is 16.2. The third-order valence-electron chi connectivity index (χ3n) is 3.86. The van der Waals surface area contributed by atoms with Crippen LogP contribution in [-0.4, -0.2) is 50.8 Å². The lowest BCUT2D eigenvalue weighted by Crippen LogP contribution is -2.41. The Bertz CT molecular complexity index is 608. The van der Waals surface area contributed by atoms with Gasteiger partial charge in [0.05, 0.1) is 4.90 Å². The summed E-state index contributed by atoms with van der Waals surface area (Å²) in [5, 5.41) is 0. The number of sulfonamides is 1. The Morgan fingerprint density at radius 3 is 2.67 bits per heavy atom. The Morgan fingerprint density at radius 2 is 2.10 bits per heavy atom. The van der Waals surface area contributed by atoms with E-state index in [-0.39, 0.29) is 22.2 Å². The van der Waals surface area contributed by atoms with Gasteiger partial charge in [-0.2, -0.15) is 4.31 Å². The van der Waals surface area contributed by atoms with Crippen molar-refractivity contribution >= 4 is 15.7 Å². The lowest BCUT2D eigenvalue weighted by Gasteiger charge is -2.26. The molecule has 1 aliphatic rings. The van der Waals surface area contributed by atoms with Gasteiger partial charge in [0, 0.05) is 30.4 Å². The number of hydrogen-bond acceptors (Lipinski definition) is 4. The Labute approximate surface area is 125 Å². The molecule has 0 aromatic heterocycles. The van der Waals surface area contributed by atoms with E-state index in [0.717, 1.165) is 18.9 Å². The average Bonchev–Trinajstić information content (AvgIpc) is 2.83. The standard InChI is InChI=1S/C14H22FN3O2S/c1-10-13(15)7-12(8-14(10)16)21(19,20)18-6-4-5-11(18)9-17(2)3/h7-8,11H,4-6,9,16H2,1-3H3. The van der Waals surface area contributed by atoms with E-state index in [0.29, 0.717) is 13.1 Å². The molecule has 1 aliphatic heterocycles.